The molecule has 1 atom stereocenters. The fourth-order valence-corrected chi connectivity index (χ4v) is 3.32. The fourth-order valence-electron chi connectivity index (χ4n) is 3.32. The third-order valence-corrected chi connectivity index (χ3v) is 5.54. The number of nitrogens with one attached hydrogen (secondary N) is 1. The molecule has 0 aliphatic carbocycles. The van der Waals surface area contributed by atoms with Gasteiger partial charge in [-0.3, -0.25) is 9.69 Å². The smallest absolute Gasteiger partial charge is 0.237 e. The molecule has 0 radical (unpaired) electrons. The van der Waals surface area contributed by atoms with Crippen LogP contribution >= 0.6 is 0 Å². The molecule has 2 aliphatic rings. The Hall–Kier alpha value is -0.650. The number of carbonyl (C=O) groups excluding carboxylic acids is 1. The molecule has 2 aliphatic heterocycles. The molecule has 2 fully saturated rings. The van der Waals surface area contributed by atoms with E-state index < -0.39 is 0 Å². The second-order valence-electron chi connectivity index (χ2n) is 7.79. The number of hydrogen-bond acceptors (Lipinski definition) is 4. The highest BCUT2D eigenvalue weighted by molar-refractivity contribution is 5.82. The van der Waals surface area contributed by atoms with Gasteiger partial charge in [-0.15, -0.1) is 0 Å². The molecule has 134 valence electrons. The minimum Gasteiger partial charge on any atom is -0.381 e. The van der Waals surface area contributed by atoms with Gasteiger partial charge in [0, 0.05) is 51.5 Å². The number of hydrogen-bond donors (Lipinski definition) is 1. The van der Waals surface area contributed by atoms with Crippen LogP contribution in [-0.2, 0) is 9.53 Å². The highest BCUT2D eigenvalue weighted by Gasteiger charge is 2.29. The van der Waals surface area contributed by atoms with Crippen LogP contribution in [0.4, 0.5) is 0 Å². The molecule has 5 nitrogen and oxygen atoms in total. The lowest BCUT2D eigenvalue weighted by atomic mass is 9.99. The van der Waals surface area contributed by atoms with E-state index in [-0.39, 0.29) is 17.5 Å². The number of rotatable bonds is 6. The molecule has 1 N–H and O–H groups in total. The quantitative estimate of drug-likeness (QED) is 0.808. The molecule has 0 aromatic carbocycles. The Labute approximate surface area is 141 Å². The third-order valence-electron chi connectivity index (χ3n) is 5.54. The summed E-state index contributed by atoms with van der Waals surface area (Å²) in [5.41, 5.74) is -0.115. The minimum atomic E-state index is -0.115. The molecule has 23 heavy (non-hydrogen) atoms. The lowest BCUT2D eigenvalue weighted by Gasteiger charge is -2.40. The molecule has 0 aromatic heterocycles. The van der Waals surface area contributed by atoms with E-state index >= 15 is 0 Å². The lowest BCUT2D eigenvalue weighted by molar-refractivity contribution is -0.128. The monoisotopic (exact) mass is 325 g/mol. The summed E-state index contributed by atoms with van der Waals surface area (Å²) < 4.78 is 5.44. The molecule has 2 rings (SSSR count). The Morgan fingerprint density at radius 1 is 1.22 bits per heavy atom. The predicted octanol–water partition coefficient (Wildman–Crippen LogP) is 1.72. The number of nitrogens with zero attached hydrogens (tertiary/aromatic N) is 2. The zero-order valence-electron chi connectivity index (χ0n) is 15.4. The van der Waals surface area contributed by atoms with Crippen LogP contribution in [0.25, 0.3) is 0 Å². The summed E-state index contributed by atoms with van der Waals surface area (Å²) in [6, 6.07) is -0.0361. The van der Waals surface area contributed by atoms with E-state index in [2.05, 4.69) is 35.9 Å². The minimum absolute atomic E-state index is 0.0361. The largest absolute Gasteiger partial charge is 0.381 e. The topological polar surface area (TPSA) is 44.8 Å². The Kier molecular flexibility index (Phi) is 6.86. The summed E-state index contributed by atoms with van der Waals surface area (Å²) in [5.74, 6) is 0.955. The predicted molar refractivity (Wildman–Crippen MR) is 93.5 cm³/mol. The van der Waals surface area contributed by atoms with Gasteiger partial charge in [-0.05, 0) is 46.0 Å². The van der Waals surface area contributed by atoms with Crippen LogP contribution in [0.15, 0.2) is 0 Å². The Balaban J connectivity index is 1.73. The summed E-state index contributed by atoms with van der Waals surface area (Å²) in [7, 11) is 0. The Morgan fingerprint density at radius 3 is 2.39 bits per heavy atom. The van der Waals surface area contributed by atoms with E-state index in [0.29, 0.717) is 0 Å². The van der Waals surface area contributed by atoms with Gasteiger partial charge >= 0.3 is 0 Å². The van der Waals surface area contributed by atoms with Gasteiger partial charge in [0.25, 0.3) is 0 Å². The summed E-state index contributed by atoms with van der Waals surface area (Å²) in [6.07, 6.45) is 3.35. The molecule has 1 unspecified atom stereocenters. The van der Waals surface area contributed by atoms with Crippen molar-refractivity contribution in [3.8, 4) is 0 Å². The van der Waals surface area contributed by atoms with Gasteiger partial charge in [0.05, 0.1) is 6.04 Å². The Morgan fingerprint density at radius 2 is 1.83 bits per heavy atom. The van der Waals surface area contributed by atoms with Crippen LogP contribution in [0.5, 0.6) is 0 Å². The molecule has 0 spiro atoms. The SMILES string of the molecule is CCC(C)(C)NC(=O)C(C)N1CCN(CC2CCOCC2)CC1. The second kappa shape index (κ2) is 8.45. The molecule has 0 aromatic rings. The molecule has 1 amide bonds. The van der Waals surface area contributed by atoms with Crippen molar-refractivity contribution in [3.63, 3.8) is 0 Å². The van der Waals surface area contributed by atoms with Crippen molar-refractivity contribution in [2.75, 3.05) is 45.9 Å². The van der Waals surface area contributed by atoms with Crippen LogP contribution in [0, 0.1) is 5.92 Å². The summed E-state index contributed by atoms with van der Waals surface area (Å²) in [6.45, 7) is 15.5. The normalized spacial score (nSPS) is 23.7. The standard InChI is InChI=1S/C18H35N3O2/c1-5-18(3,4)19-17(22)15(2)21-10-8-20(9-11-21)14-16-6-12-23-13-7-16/h15-16H,5-14H2,1-4H3,(H,19,22). The van der Waals surface area contributed by atoms with Crippen LogP contribution in [0.2, 0.25) is 0 Å². The van der Waals surface area contributed by atoms with Gasteiger partial charge in [0.1, 0.15) is 0 Å². The summed E-state index contributed by atoms with van der Waals surface area (Å²) in [5, 5.41) is 3.17. The number of carbonyl (C=O) groups is 1. The van der Waals surface area contributed by atoms with Gasteiger partial charge < -0.3 is 15.0 Å². The van der Waals surface area contributed by atoms with Crippen LogP contribution < -0.4 is 5.32 Å². The van der Waals surface area contributed by atoms with Crippen LogP contribution in [-0.4, -0.2) is 73.2 Å². The fraction of sp³-hybridized carbons (Fsp3) is 0.944. The third kappa shape index (κ3) is 5.73. The average Bonchev–Trinajstić information content (AvgIpc) is 2.55. The molecule has 2 saturated heterocycles. The van der Waals surface area contributed by atoms with Crippen LogP contribution in [0.1, 0.15) is 47.0 Å². The first-order valence-corrected chi connectivity index (χ1v) is 9.27. The van der Waals surface area contributed by atoms with Gasteiger partial charge in [-0.2, -0.15) is 0 Å². The highest BCUT2D eigenvalue weighted by atomic mass is 16.5. The van der Waals surface area contributed by atoms with Gasteiger partial charge in [0.2, 0.25) is 5.91 Å². The van der Waals surface area contributed by atoms with Crippen molar-refractivity contribution < 1.29 is 9.53 Å². The second-order valence-corrected chi connectivity index (χ2v) is 7.79. The van der Waals surface area contributed by atoms with E-state index in [1.807, 2.05) is 6.92 Å². The first kappa shape index (κ1) is 18.7. The molecule has 0 bridgehead atoms. The van der Waals surface area contributed by atoms with E-state index in [9.17, 15) is 4.79 Å². The van der Waals surface area contributed by atoms with E-state index in [1.165, 1.54) is 19.4 Å². The van der Waals surface area contributed by atoms with Gasteiger partial charge in [0.15, 0.2) is 0 Å². The van der Waals surface area contributed by atoms with Crippen molar-refractivity contribution in [2.24, 2.45) is 5.92 Å². The van der Waals surface area contributed by atoms with E-state index in [4.69, 9.17) is 4.74 Å². The first-order valence-electron chi connectivity index (χ1n) is 9.27. The molecule has 5 heteroatoms. The molecule has 2 heterocycles. The van der Waals surface area contributed by atoms with Crippen molar-refractivity contribution in [3.05, 3.63) is 0 Å². The zero-order valence-corrected chi connectivity index (χ0v) is 15.4. The number of amides is 1. The lowest BCUT2D eigenvalue weighted by Crippen LogP contribution is -2.57. The van der Waals surface area contributed by atoms with E-state index in [0.717, 1.165) is 51.7 Å². The summed E-state index contributed by atoms with van der Waals surface area (Å²) in [4.78, 5) is 17.3. The van der Waals surface area contributed by atoms with Gasteiger partial charge in [-0.1, -0.05) is 6.92 Å². The van der Waals surface area contributed by atoms with Crippen molar-refractivity contribution >= 4 is 5.91 Å². The van der Waals surface area contributed by atoms with E-state index in [1.54, 1.807) is 0 Å². The summed E-state index contributed by atoms with van der Waals surface area (Å²) >= 11 is 0. The maximum absolute atomic E-state index is 12.4. The number of piperazine rings is 1. The average molecular weight is 325 g/mol. The number of ether oxygens (including phenoxy) is 1. The molecular weight excluding hydrogens is 290 g/mol. The van der Waals surface area contributed by atoms with Gasteiger partial charge in [-0.25, -0.2) is 0 Å². The first-order chi connectivity index (χ1) is 10.9. The van der Waals surface area contributed by atoms with Crippen LogP contribution in [0.3, 0.4) is 0 Å². The Bertz CT molecular complexity index is 372. The maximum atomic E-state index is 12.4. The van der Waals surface area contributed by atoms with Crippen molar-refractivity contribution in [1.82, 2.24) is 15.1 Å². The maximum Gasteiger partial charge on any atom is 0.237 e. The zero-order chi connectivity index (χ0) is 16.9. The van der Waals surface area contributed by atoms with Crippen molar-refractivity contribution in [2.45, 2.75) is 58.5 Å². The molecular formula is C18H35N3O2. The molecule has 0 saturated carbocycles. The van der Waals surface area contributed by atoms with Crippen molar-refractivity contribution in [1.29, 1.82) is 0 Å². The highest BCUT2D eigenvalue weighted by Crippen LogP contribution is 2.18.